The number of rotatable bonds is 0. The molecule has 0 heterocycles. The topological polar surface area (TPSA) is 101 Å². The highest BCUT2D eigenvalue weighted by atomic mass is 16.4. The van der Waals surface area contributed by atoms with Gasteiger partial charge in [0.15, 0.2) is 0 Å². The second-order valence-corrected chi connectivity index (χ2v) is 2.84. The van der Waals surface area contributed by atoms with Crippen LogP contribution in [0.1, 0.15) is 6.42 Å². The molecule has 0 amide bonds. The molecular formula is C6H12O5. The van der Waals surface area contributed by atoms with E-state index >= 15 is 0 Å². The molecule has 0 spiro atoms. The summed E-state index contributed by atoms with van der Waals surface area (Å²) in [6.45, 7) is 0. The molecule has 0 radical (unpaired) electrons. The molecule has 1 rings (SSSR count). The highest BCUT2D eigenvalue weighted by Crippen LogP contribution is 2.20. The van der Waals surface area contributed by atoms with Crippen LogP contribution in [0.2, 0.25) is 0 Å². The molecule has 1 aliphatic rings. The summed E-state index contributed by atoms with van der Waals surface area (Å²) in [4.78, 5) is 0. The lowest BCUT2D eigenvalue weighted by Gasteiger charge is -2.35. The molecule has 1 unspecified atom stereocenters. The first-order valence-electron chi connectivity index (χ1n) is 3.44. The molecule has 0 bridgehead atoms. The number of hydrogen-bond acceptors (Lipinski definition) is 5. The maximum atomic E-state index is 8.97. The molecule has 5 atom stereocenters. The summed E-state index contributed by atoms with van der Waals surface area (Å²) in [6.07, 6.45) is -6.64. The van der Waals surface area contributed by atoms with Crippen molar-refractivity contribution in [1.82, 2.24) is 0 Å². The van der Waals surface area contributed by atoms with Gasteiger partial charge in [-0.25, -0.2) is 0 Å². The van der Waals surface area contributed by atoms with Crippen LogP contribution in [-0.2, 0) is 0 Å². The van der Waals surface area contributed by atoms with Gasteiger partial charge in [-0.15, -0.1) is 0 Å². The lowest BCUT2D eigenvalue weighted by atomic mass is 9.87. The van der Waals surface area contributed by atoms with Crippen LogP contribution in [-0.4, -0.2) is 56.1 Å². The summed E-state index contributed by atoms with van der Waals surface area (Å²) in [5.41, 5.74) is 0. The molecule has 5 N–H and O–H groups in total. The Bertz CT molecular complexity index is 125. The maximum absolute atomic E-state index is 8.97. The largest absolute Gasteiger partial charge is 0.390 e. The van der Waals surface area contributed by atoms with E-state index < -0.39 is 30.5 Å². The quantitative estimate of drug-likeness (QED) is 0.266. The molecule has 5 heteroatoms. The van der Waals surface area contributed by atoms with Gasteiger partial charge in [0.25, 0.3) is 0 Å². The van der Waals surface area contributed by atoms with Crippen molar-refractivity contribution in [2.75, 3.05) is 0 Å². The number of hydrogen-bond donors (Lipinski definition) is 5. The van der Waals surface area contributed by atoms with Crippen molar-refractivity contribution in [3.05, 3.63) is 0 Å². The van der Waals surface area contributed by atoms with Gasteiger partial charge in [-0.1, -0.05) is 0 Å². The lowest BCUT2D eigenvalue weighted by molar-refractivity contribution is -0.176. The van der Waals surface area contributed by atoms with Crippen LogP contribution >= 0.6 is 0 Å². The Morgan fingerprint density at radius 3 is 1.36 bits per heavy atom. The average Bonchev–Trinajstić information content (AvgIpc) is 1.97. The van der Waals surface area contributed by atoms with Gasteiger partial charge in [0.05, 0.1) is 12.2 Å². The number of aliphatic hydroxyl groups excluding tert-OH is 5. The Hall–Kier alpha value is -0.200. The first kappa shape index (κ1) is 8.89. The van der Waals surface area contributed by atoms with Gasteiger partial charge < -0.3 is 25.5 Å². The summed E-state index contributed by atoms with van der Waals surface area (Å²) < 4.78 is 0. The van der Waals surface area contributed by atoms with E-state index in [-0.39, 0.29) is 6.42 Å². The third-order valence-corrected chi connectivity index (χ3v) is 1.97. The highest BCUT2D eigenvalue weighted by Gasteiger charge is 2.40. The fraction of sp³-hybridized carbons (Fsp3) is 1.00. The second kappa shape index (κ2) is 3.04. The lowest BCUT2D eigenvalue weighted by Crippen LogP contribution is -2.55. The number of aliphatic hydroxyl groups is 5. The fourth-order valence-corrected chi connectivity index (χ4v) is 1.18. The van der Waals surface area contributed by atoms with Crippen molar-refractivity contribution in [3.8, 4) is 0 Å². The van der Waals surface area contributed by atoms with E-state index in [9.17, 15) is 0 Å². The van der Waals surface area contributed by atoms with Gasteiger partial charge in [0.2, 0.25) is 0 Å². The Labute approximate surface area is 63.5 Å². The van der Waals surface area contributed by atoms with Crippen molar-refractivity contribution >= 4 is 0 Å². The SMILES string of the molecule is OC1[C@H](O)[C@H](O)C[C@H](O)[C@H]1O. The van der Waals surface area contributed by atoms with Crippen molar-refractivity contribution in [1.29, 1.82) is 0 Å². The van der Waals surface area contributed by atoms with Crippen molar-refractivity contribution in [2.45, 2.75) is 36.9 Å². The standard InChI is InChI=1S/C6H12O5/c7-2-1-3(8)5(10)6(11)4(2)9/h2-11H,1H2/t2-,3+,4-,5-,6?/m1/s1. The van der Waals surface area contributed by atoms with E-state index in [2.05, 4.69) is 0 Å². The smallest absolute Gasteiger partial charge is 0.111 e. The van der Waals surface area contributed by atoms with E-state index in [4.69, 9.17) is 25.5 Å². The van der Waals surface area contributed by atoms with Crippen molar-refractivity contribution < 1.29 is 25.5 Å². The Balaban J connectivity index is 2.63. The Morgan fingerprint density at radius 1 is 0.636 bits per heavy atom. The van der Waals surface area contributed by atoms with E-state index in [1.807, 2.05) is 0 Å². The van der Waals surface area contributed by atoms with Gasteiger partial charge in [-0.05, 0) is 0 Å². The fourth-order valence-electron chi connectivity index (χ4n) is 1.18. The molecule has 0 aliphatic heterocycles. The van der Waals surface area contributed by atoms with Crippen LogP contribution in [0.4, 0.5) is 0 Å². The summed E-state index contributed by atoms with van der Waals surface area (Å²) in [5.74, 6) is 0. The molecule has 1 fully saturated rings. The minimum atomic E-state index is -1.46. The Kier molecular flexibility index (Phi) is 2.46. The Morgan fingerprint density at radius 2 is 1.00 bits per heavy atom. The van der Waals surface area contributed by atoms with Crippen LogP contribution in [0, 0.1) is 0 Å². The molecule has 0 aromatic rings. The van der Waals surface area contributed by atoms with Crippen molar-refractivity contribution in [2.24, 2.45) is 0 Å². The predicted molar refractivity (Wildman–Crippen MR) is 34.7 cm³/mol. The third-order valence-electron chi connectivity index (χ3n) is 1.97. The first-order valence-corrected chi connectivity index (χ1v) is 3.44. The van der Waals surface area contributed by atoms with Gasteiger partial charge in [0, 0.05) is 6.42 Å². The predicted octanol–water partition coefficient (Wildman–Crippen LogP) is -2.81. The average molecular weight is 164 g/mol. The monoisotopic (exact) mass is 164 g/mol. The zero-order valence-corrected chi connectivity index (χ0v) is 5.83. The van der Waals surface area contributed by atoms with Crippen LogP contribution in [0.25, 0.3) is 0 Å². The minimum Gasteiger partial charge on any atom is -0.390 e. The molecule has 11 heavy (non-hydrogen) atoms. The van der Waals surface area contributed by atoms with E-state index in [1.165, 1.54) is 0 Å². The van der Waals surface area contributed by atoms with Gasteiger partial charge in [0.1, 0.15) is 18.3 Å². The molecule has 0 saturated heterocycles. The van der Waals surface area contributed by atoms with Gasteiger partial charge in [-0.2, -0.15) is 0 Å². The van der Waals surface area contributed by atoms with Crippen LogP contribution in [0.5, 0.6) is 0 Å². The first-order chi connectivity index (χ1) is 5.04. The summed E-state index contributed by atoms with van der Waals surface area (Å²) in [7, 11) is 0. The maximum Gasteiger partial charge on any atom is 0.111 e. The van der Waals surface area contributed by atoms with Crippen LogP contribution in [0.3, 0.4) is 0 Å². The van der Waals surface area contributed by atoms with E-state index in [1.54, 1.807) is 0 Å². The zero-order chi connectivity index (χ0) is 8.59. The third kappa shape index (κ3) is 1.52. The summed E-state index contributed by atoms with van der Waals surface area (Å²) in [5, 5.41) is 44.8. The molecule has 1 aliphatic carbocycles. The molecule has 0 aromatic heterocycles. The van der Waals surface area contributed by atoms with Crippen LogP contribution < -0.4 is 0 Å². The second-order valence-electron chi connectivity index (χ2n) is 2.84. The van der Waals surface area contributed by atoms with Crippen LogP contribution in [0.15, 0.2) is 0 Å². The van der Waals surface area contributed by atoms with E-state index in [0.29, 0.717) is 0 Å². The van der Waals surface area contributed by atoms with Crippen molar-refractivity contribution in [3.63, 3.8) is 0 Å². The van der Waals surface area contributed by atoms with Gasteiger partial charge in [-0.3, -0.25) is 0 Å². The summed E-state index contributed by atoms with van der Waals surface area (Å²) >= 11 is 0. The normalized spacial score (nSPS) is 52.6. The van der Waals surface area contributed by atoms with Gasteiger partial charge >= 0.3 is 0 Å². The molecule has 0 aromatic carbocycles. The summed E-state index contributed by atoms with van der Waals surface area (Å²) in [6, 6.07) is 0. The molecule has 66 valence electrons. The molecule has 1 saturated carbocycles. The molecule has 5 nitrogen and oxygen atoms in total. The zero-order valence-electron chi connectivity index (χ0n) is 5.83. The minimum absolute atomic E-state index is 0.112. The molecular weight excluding hydrogens is 152 g/mol. The van der Waals surface area contributed by atoms with E-state index in [0.717, 1.165) is 0 Å². The highest BCUT2D eigenvalue weighted by molar-refractivity contribution is 4.92.